The predicted molar refractivity (Wildman–Crippen MR) is 83.7 cm³/mol. The second-order valence-electron chi connectivity index (χ2n) is 5.88. The lowest BCUT2D eigenvalue weighted by molar-refractivity contribution is 0.166. The van der Waals surface area contributed by atoms with Crippen molar-refractivity contribution >= 4 is 15.9 Å². The second kappa shape index (κ2) is 6.88. The van der Waals surface area contributed by atoms with Gasteiger partial charge in [0, 0.05) is 4.83 Å². The molecular formula is C17H24BrF. The van der Waals surface area contributed by atoms with Gasteiger partial charge in [0.2, 0.25) is 0 Å². The first-order valence-electron chi connectivity index (χ1n) is 7.51. The molecule has 0 radical (unpaired) electrons. The van der Waals surface area contributed by atoms with Crippen LogP contribution in [-0.4, -0.2) is 11.0 Å². The molecule has 0 amide bonds. The molecule has 1 aromatic rings. The first kappa shape index (κ1) is 15.0. The minimum atomic E-state index is -0.712. The topological polar surface area (TPSA) is 0 Å². The molecule has 0 heterocycles. The van der Waals surface area contributed by atoms with Crippen LogP contribution in [0.15, 0.2) is 30.3 Å². The van der Waals surface area contributed by atoms with Gasteiger partial charge >= 0.3 is 0 Å². The van der Waals surface area contributed by atoms with Gasteiger partial charge in [0.25, 0.3) is 0 Å². The highest BCUT2D eigenvalue weighted by atomic mass is 79.9. The van der Waals surface area contributed by atoms with Crippen molar-refractivity contribution in [1.29, 1.82) is 0 Å². The third kappa shape index (κ3) is 3.59. The van der Waals surface area contributed by atoms with Gasteiger partial charge in [-0.2, -0.15) is 0 Å². The van der Waals surface area contributed by atoms with Gasteiger partial charge in [-0.1, -0.05) is 72.4 Å². The summed E-state index contributed by atoms with van der Waals surface area (Å²) >= 11 is 3.48. The van der Waals surface area contributed by atoms with Crippen LogP contribution in [0.25, 0.3) is 0 Å². The maximum absolute atomic E-state index is 14.2. The van der Waals surface area contributed by atoms with E-state index < -0.39 is 6.17 Å². The molecule has 1 saturated carbocycles. The second-order valence-corrected chi connectivity index (χ2v) is 7.05. The number of benzene rings is 1. The summed E-state index contributed by atoms with van der Waals surface area (Å²) in [5.41, 5.74) is 1.41. The van der Waals surface area contributed by atoms with Crippen LogP contribution in [0.4, 0.5) is 4.39 Å². The summed E-state index contributed by atoms with van der Waals surface area (Å²) in [5, 5.41) is 0. The van der Waals surface area contributed by atoms with Crippen LogP contribution in [0, 0.1) is 0 Å². The Morgan fingerprint density at radius 1 is 1.26 bits per heavy atom. The van der Waals surface area contributed by atoms with Gasteiger partial charge in [-0.3, -0.25) is 0 Å². The first-order valence-corrected chi connectivity index (χ1v) is 8.43. The van der Waals surface area contributed by atoms with E-state index in [1.165, 1.54) is 24.8 Å². The average molecular weight is 327 g/mol. The zero-order valence-corrected chi connectivity index (χ0v) is 13.3. The van der Waals surface area contributed by atoms with Crippen molar-refractivity contribution in [3.63, 3.8) is 0 Å². The molecule has 3 atom stereocenters. The maximum atomic E-state index is 14.2. The summed E-state index contributed by atoms with van der Waals surface area (Å²) in [6, 6.07) is 10.6. The van der Waals surface area contributed by atoms with Crippen molar-refractivity contribution in [2.45, 2.75) is 68.3 Å². The van der Waals surface area contributed by atoms with Crippen LogP contribution in [0.3, 0.4) is 0 Å². The lowest BCUT2D eigenvalue weighted by Gasteiger charge is -2.41. The molecule has 0 nitrogen and oxygen atoms in total. The van der Waals surface area contributed by atoms with E-state index in [9.17, 15) is 4.39 Å². The van der Waals surface area contributed by atoms with Crippen molar-refractivity contribution < 1.29 is 4.39 Å². The normalized spacial score (nSPS) is 31.3. The van der Waals surface area contributed by atoms with Gasteiger partial charge in [-0.25, -0.2) is 4.39 Å². The third-order valence-corrected chi connectivity index (χ3v) is 5.55. The van der Waals surface area contributed by atoms with Crippen LogP contribution in [0.2, 0.25) is 0 Å². The Bertz CT molecular complexity index is 378. The van der Waals surface area contributed by atoms with Crippen molar-refractivity contribution in [2.24, 2.45) is 0 Å². The van der Waals surface area contributed by atoms with Crippen molar-refractivity contribution in [1.82, 2.24) is 0 Å². The first-order chi connectivity index (χ1) is 9.18. The van der Waals surface area contributed by atoms with Crippen molar-refractivity contribution in [2.75, 3.05) is 0 Å². The summed E-state index contributed by atoms with van der Waals surface area (Å²) in [6.45, 7) is 2.22. The number of hydrogen-bond donors (Lipinski definition) is 0. The van der Waals surface area contributed by atoms with Crippen molar-refractivity contribution in [3.8, 4) is 0 Å². The average Bonchev–Trinajstić information content (AvgIpc) is 2.44. The summed E-state index contributed by atoms with van der Waals surface area (Å²) < 4.78 is 14.2. The fourth-order valence-corrected chi connectivity index (χ4v) is 3.75. The fraction of sp³-hybridized carbons (Fsp3) is 0.647. The number of hydrogen-bond acceptors (Lipinski definition) is 0. The highest BCUT2D eigenvalue weighted by Gasteiger charge is 2.40. The van der Waals surface area contributed by atoms with Gasteiger partial charge in [0.15, 0.2) is 0 Å². The van der Waals surface area contributed by atoms with Crippen LogP contribution < -0.4 is 0 Å². The highest BCUT2D eigenvalue weighted by molar-refractivity contribution is 9.09. The largest absolute Gasteiger partial charge is 0.246 e. The SMILES string of the molecule is CCCCCC1(c2ccccc2)CCC(Br)C(F)C1. The predicted octanol–water partition coefficient (Wildman–Crippen LogP) is 5.79. The molecule has 2 heteroatoms. The number of alkyl halides is 2. The Balaban J connectivity index is 2.18. The molecule has 1 aromatic carbocycles. The van der Waals surface area contributed by atoms with E-state index in [0.717, 1.165) is 19.3 Å². The Hall–Kier alpha value is -0.370. The van der Waals surface area contributed by atoms with Gasteiger partial charge in [0.1, 0.15) is 6.17 Å². The molecule has 3 unspecified atom stereocenters. The van der Waals surface area contributed by atoms with Gasteiger partial charge in [-0.15, -0.1) is 0 Å². The third-order valence-electron chi connectivity index (χ3n) is 4.52. The minimum absolute atomic E-state index is 0.0514. The molecule has 0 bridgehead atoms. The Morgan fingerprint density at radius 2 is 2.00 bits per heavy atom. The molecule has 1 fully saturated rings. The molecule has 2 rings (SSSR count). The van der Waals surface area contributed by atoms with Crippen LogP contribution in [-0.2, 0) is 5.41 Å². The molecule has 19 heavy (non-hydrogen) atoms. The van der Waals surface area contributed by atoms with Crippen molar-refractivity contribution in [3.05, 3.63) is 35.9 Å². The minimum Gasteiger partial charge on any atom is -0.246 e. The van der Waals surface area contributed by atoms with E-state index in [4.69, 9.17) is 0 Å². The highest BCUT2D eigenvalue weighted by Crippen LogP contribution is 2.46. The maximum Gasteiger partial charge on any atom is 0.113 e. The standard InChI is InChI=1S/C17H24BrF/c1-2-3-7-11-17(14-8-5-4-6-9-14)12-10-15(18)16(19)13-17/h4-6,8-9,15-16H,2-3,7,10-13H2,1H3. The van der Waals surface area contributed by atoms with E-state index in [0.29, 0.717) is 6.42 Å². The van der Waals surface area contributed by atoms with Gasteiger partial charge in [0.05, 0.1) is 0 Å². The van der Waals surface area contributed by atoms with Gasteiger partial charge < -0.3 is 0 Å². The van der Waals surface area contributed by atoms with Gasteiger partial charge in [-0.05, 0) is 36.7 Å². The Labute approximate surface area is 124 Å². The molecule has 0 spiro atoms. The lowest BCUT2D eigenvalue weighted by atomic mass is 9.66. The number of halogens is 2. The number of rotatable bonds is 5. The number of unbranched alkanes of at least 4 members (excludes halogenated alkanes) is 2. The smallest absolute Gasteiger partial charge is 0.113 e. The quantitative estimate of drug-likeness (QED) is 0.474. The Morgan fingerprint density at radius 3 is 2.63 bits per heavy atom. The molecule has 0 saturated heterocycles. The summed E-state index contributed by atoms with van der Waals surface area (Å²) in [4.78, 5) is 0.0514. The summed E-state index contributed by atoms with van der Waals surface area (Å²) in [6.07, 6.45) is 6.84. The monoisotopic (exact) mass is 326 g/mol. The Kier molecular flexibility index (Phi) is 5.44. The summed E-state index contributed by atoms with van der Waals surface area (Å²) in [5.74, 6) is 0. The van der Waals surface area contributed by atoms with E-state index in [1.807, 2.05) is 6.07 Å². The zero-order chi connectivity index (χ0) is 13.7. The van der Waals surface area contributed by atoms with E-state index in [1.54, 1.807) is 0 Å². The molecule has 0 N–H and O–H groups in total. The molecule has 1 aliphatic rings. The zero-order valence-electron chi connectivity index (χ0n) is 11.7. The van der Waals surface area contributed by atoms with E-state index >= 15 is 0 Å². The van der Waals surface area contributed by atoms with Crippen LogP contribution in [0.1, 0.15) is 57.4 Å². The molecule has 106 valence electrons. The molecule has 1 aliphatic carbocycles. The molecule has 0 aromatic heterocycles. The van der Waals surface area contributed by atoms with Crippen LogP contribution >= 0.6 is 15.9 Å². The van der Waals surface area contributed by atoms with Crippen LogP contribution in [0.5, 0.6) is 0 Å². The molecule has 0 aliphatic heterocycles. The van der Waals surface area contributed by atoms with E-state index in [-0.39, 0.29) is 10.2 Å². The van der Waals surface area contributed by atoms with E-state index in [2.05, 4.69) is 47.1 Å². The lowest BCUT2D eigenvalue weighted by Crippen LogP contribution is -2.38. The fourth-order valence-electron chi connectivity index (χ4n) is 3.34. The summed E-state index contributed by atoms with van der Waals surface area (Å²) in [7, 11) is 0. The molecular weight excluding hydrogens is 303 g/mol.